The highest BCUT2D eigenvalue weighted by Gasteiger charge is 2.34. The van der Waals surface area contributed by atoms with E-state index in [4.69, 9.17) is 0 Å². The van der Waals surface area contributed by atoms with Crippen molar-refractivity contribution in [1.29, 1.82) is 0 Å². The predicted octanol–water partition coefficient (Wildman–Crippen LogP) is 4.43. The van der Waals surface area contributed by atoms with Crippen LogP contribution in [0.2, 0.25) is 0 Å². The maximum absolute atomic E-state index is 12.9. The first-order valence-electron chi connectivity index (χ1n) is 10.3. The monoisotopic (exact) mass is 362 g/mol. The molecule has 3 nitrogen and oxygen atoms in total. The molecule has 1 amide bonds. The molecule has 0 aliphatic carbocycles. The van der Waals surface area contributed by atoms with Gasteiger partial charge in [-0.2, -0.15) is 0 Å². The summed E-state index contributed by atoms with van der Waals surface area (Å²) in [5, 5.41) is 7.01. The van der Waals surface area contributed by atoms with E-state index in [1.54, 1.807) is 0 Å². The summed E-state index contributed by atoms with van der Waals surface area (Å²) in [5.74, 6) is 0.689. The molecule has 2 fully saturated rings. The van der Waals surface area contributed by atoms with E-state index in [2.05, 4.69) is 73.0 Å². The SMILES string of the molecule is Cc1cccc(C(NC(=O)CC2CC3CCC(C2)N3)c2cccc(C)c2)c1. The summed E-state index contributed by atoms with van der Waals surface area (Å²) < 4.78 is 0. The van der Waals surface area contributed by atoms with E-state index in [1.807, 2.05) is 0 Å². The summed E-state index contributed by atoms with van der Waals surface area (Å²) in [6, 6.07) is 18.1. The molecular formula is C24H30N2O. The molecule has 2 unspecified atom stereocenters. The van der Waals surface area contributed by atoms with Gasteiger partial charge in [0.1, 0.15) is 0 Å². The van der Waals surface area contributed by atoms with Crippen molar-refractivity contribution in [2.24, 2.45) is 5.92 Å². The average Bonchev–Trinajstić information content (AvgIpc) is 2.98. The number of fused-ring (bicyclic) bond motifs is 2. The van der Waals surface area contributed by atoms with Crippen LogP contribution in [0.3, 0.4) is 0 Å². The Morgan fingerprint density at radius 2 is 1.56 bits per heavy atom. The fourth-order valence-corrected chi connectivity index (χ4v) is 4.88. The molecule has 2 aliphatic rings. The standard InChI is InChI=1S/C24H30N2O/c1-16-5-3-7-19(11-16)24(20-8-4-6-17(2)12-20)26-23(27)15-18-13-21-9-10-22(14-18)25-21/h3-8,11-12,18,21-22,24-25H,9-10,13-15H2,1-2H3,(H,26,27). The quantitative estimate of drug-likeness (QED) is 0.826. The summed E-state index contributed by atoms with van der Waals surface area (Å²) >= 11 is 0. The molecule has 2 saturated heterocycles. The van der Waals surface area contributed by atoms with Gasteiger partial charge in [0, 0.05) is 18.5 Å². The van der Waals surface area contributed by atoms with Crippen molar-refractivity contribution < 1.29 is 4.79 Å². The van der Waals surface area contributed by atoms with E-state index in [-0.39, 0.29) is 11.9 Å². The smallest absolute Gasteiger partial charge is 0.221 e. The highest BCUT2D eigenvalue weighted by atomic mass is 16.1. The Hall–Kier alpha value is -2.13. The molecule has 2 atom stereocenters. The van der Waals surface area contributed by atoms with Crippen molar-refractivity contribution >= 4 is 5.91 Å². The molecule has 2 N–H and O–H groups in total. The van der Waals surface area contributed by atoms with Crippen LogP contribution < -0.4 is 10.6 Å². The minimum absolute atomic E-state index is 0.0873. The molecular weight excluding hydrogens is 332 g/mol. The minimum atomic E-state index is -0.0873. The van der Waals surface area contributed by atoms with Gasteiger partial charge in [-0.05, 0) is 56.6 Å². The molecule has 2 heterocycles. The van der Waals surface area contributed by atoms with Crippen LogP contribution in [0.15, 0.2) is 48.5 Å². The van der Waals surface area contributed by atoms with Crippen LogP contribution in [-0.4, -0.2) is 18.0 Å². The number of rotatable bonds is 5. The van der Waals surface area contributed by atoms with Gasteiger partial charge >= 0.3 is 0 Å². The van der Waals surface area contributed by atoms with E-state index < -0.39 is 0 Å². The number of piperidine rings is 1. The van der Waals surface area contributed by atoms with E-state index in [1.165, 1.54) is 24.0 Å². The van der Waals surface area contributed by atoms with Crippen molar-refractivity contribution in [2.75, 3.05) is 0 Å². The van der Waals surface area contributed by atoms with E-state index in [9.17, 15) is 4.79 Å². The minimum Gasteiger partial charge on any atom is -0.345 e. The largest absolute Gasteiger partial charge is 0.345 e. The first kappa shape index (κ1) is 18.2. The number of carbonyl (C=O) groups is 1. The van der Waals surface area contributed by atoms with Crippen LogP contribution in [0.1, 0.15) is 60.4 Å². The maximum Gasteiger partial charge on any atom is 0.221 e. The van der Waals surface area contributed by atoms with E-state index in [0.29, 0.717) is 24.4 Å². The van der Waals surface area contributed by atoms with Crippen molar-refractivity contribution in [1.82, 2.24) is 10.6 Å². The lowest BCUT2D eigenvalue weighted by Crippen LogP contribution is -2.40. The number of benzene rings is 2. The molecule has 2 aliphatic heterocycles. The molecule has 0 radical (unpaired) electrons. The van der Waals surface area contributed by atoms with Crippen LogP contribution in [0.25, 0.3) is 0 Å². The molecule has 4 rings (SSSR count). The third-order valence-corrected chi connectivity index (χ3v) is 6.10. The Kier molecular flexibility index (Phi) is 5.31. The van der Waals surface area contributed by atoms with Gasteiger partial charge in [0.05, 0.1) is 6.04 Å². The highest BCUT2D eigenvalue weighted by Crippen LogP contribution is 2.33. The Morgan fingerprint density at radius 3 is 2.07 bits per heavy atom. The van der Waals surface area contributed by atoms with Gasteiger partial charge in [-0.1, -0.05) is 59.7 Å². The summed E-state index contributed by atoms with van der Waals surface area (Å²) in [7, 11) is 0. The van der Waals surface area contributed by atoms with Crippen LogP contribution in [-0.2, 0) is 4.79 Å². The number of amides is 1. The van der Waals surface area contributed by atoms with E-state index in [0.717, 1.165) is 24.0 Å². The van der Waals surface area contributed by atoms with Gasteiger partial charge in [0.15, 0.2) is 0 Å². The lowest BCUT2D eigenvalue weighted by molar-refractivity contribution is -0.122. The first-order valence-corrected chi connectivity index (χ1v) is 10.3. The zero-order valence-corrected chi connectivity index (χ0v) is 16.4. The van der Waals surface area contributed by atoms with Crippen molar-refractivity contribution in [3.63, 3.8) is 0 Å². The van der Waals surface area contributed by atoms with Crippen LogP contribution in [0.4, 0.5) is 0 Å². The van der Waals surface area contributed by atoms with Crippen molar-refractivity contribution in [2.45, 2.75) is 64.1 Å². The zero-order chi connectivity index (χ0) is 18.8. The molecule has 0 aromatic heterocycles. The molecule has 2 aromatic carbocycles. The van der Waals surface area contributed by atoms with Gasteiger partial charge in [-0.25, -0.2) is 0 Å². The zero-order valence-electron chi connectivity index (χ0n) is 16.4. The molecule has 0 spiro atoms. The van der Waals surface area contributed by atoms with Crippen molar-refractivity contribution in [3.8, 4) is 0 Å². The lowest BCUT2D eigenvalue weighted by Gasteiger charge is -2.29. The van der Waals surface area contributed by atoms with Gasteiger partial charge in [0.2, 0.25) is 5.91 Å². The van der Waals surface area contributed by atoms with Crippen LogP contribution in [0.5, 0.6) is 0 Å². The van der Waals surface area contributed by atoms with Gasteiger partial charge in [0.25, 0.3) is 0 Å². The Labute approximate surface area is 162 Å². The average molecular weight is 363 g/mol. The number of carbonyl (C=O) groups excluding carboxylic acids is 1. The number of nitrogens with one attached hydrogen (secondary N) is 2. The van der Waals surface area contributed by atoms with E-state index >= 15 is 0 Å². The molecule has 2 bridgehead atoms. The Morgan fingerprint density at radius 1 is 1.00 bits per heavy atom. The number of hydrogen-bond donors (Lipinski definition) is 2. The van der Waals surface area contributed by atoms with Crippen molar-refractivity contribution in [3.05, 3.63) is 70.8 Å². The van der Waals surface area contributed by atoms with Crippen LogP contribution in [0, 0.1) is 19.8 Å². The van der Waals surface area contributed by atoms with Crippen LogP contribution >= 0.6 is 0 Å². The predicted molar refractivity (Wildman–Crippen MR) is 110 cm³/mol. The summed E-state index contributed by atoms with van der Waals surface area (Å²) in [6.45, 7) is 4.20. The summed E-state index contributed by atoms with van der Waals surface area (Å²) in [5.41, 5.74) is 4.74. The molecule has 3 heteroatoms. The second-order valence-electron chi connectivity index (χ2n) is 8.51. The second kappa shape index (κ2) is 7.85. The molecule has 27 heavy (non-hydrogen) atoms. The van der Waals surface area contributed by atoms with Gasteiger partial charge < -0.3 is 10.6 Å². The number of aryl methyl sites for hydroxylation is 2. The highest BCUT2D eigenvalue weighted by molar-refractivity contribution is 5.77. The molecule has 0 saturated carbocycles. The Bertz CT molecular complexity index is 758. The topological polar surface area (TPSA) is 41.1 Å². The maximum atomic E-state index is 12.9. The fraction of sp³-hybridized carbons (Fsp3) is 0.458. The van der Waals surface area contributed by atoms with Gasteiger partial charge in [-0.15, -0.1) is 0 Å². The number of hydrogen-bond acceptors (Lipinski definition) is 2. The second-order valence-corrected chi connectivity index (χ2v) is 8.51. The molecule has 2 aromatic rings. The first-order chi connectivity index (χ1) is 13.1. The third-order valence-electron chi connectivity index (χ3n) is 6.10. The lowest BCUT2D eigenvalue weighted by atomic mass is 9.89. The Balaban J connectivity index is 1.51. The fourth-order valence-electron chi connectivity index (χ4n) is 4.88. The normalized spacial score (nSPS) is 24.2. The summed E-state index contributed by atoms with van der Waals surface area (Å²) in [4.78, 5) is 12.9. The van der Waals surface area contributed by atoms with Gasteiger partial charge in [-0.3, -0.25) is 4.79 Å². The summed E-state index contributed by atoms with van der Waals surface area (Å²) in [6.07, 6.45) is 5.48. The third kappa shape index (κ3) is 4.41. The molecule has 142 valence electrons.